The highest BCUT2D eigenvalue weighted by Crippen LogP contribution is 2.30. The van der Waals surface area contributed by atoms with Crippen LogP contribution >= 0.6 is 0 Å². The predicted molar refractivity (Wildman–Crippen MR) is 69.3 cm³/mol. The van der Waals surface area contributed by atoms with Crippen LogP contribution < -0.4 is 4.74 Å². The summed E-state index contributed by atoms with van der Waals surface area (Å²) in [7, 11) is 1.40. The van der Waals surface area contributed by atoms with Crippen molar-refractivity contribution in [2.45, 2.75) is 19.6 Å². The zero-order chi connectivity index (χ0) is 15.6. The van der Waals surface area contributed by atoms with Gasteiger partial charge in [0.05, 0.1) is 18.9 Å². The molecule has 0 radical (unpaired) electrons. The highest BCUT2D eigenvalue weighted by Gasteiger charge is 2.30. The summed E-state index contributed by atoms with van der Waals surface area (Å²) in [5.74, 6) is -0.137. The molecule has 21 heavy (non-hydrogen) atoms. The summed E-state index contributed by atoms with van der Waals surface area (Å²) in [5.41, 5.74) is -0.425. The molecule has 0 amide bonds. The smallest absolute Gasteiger partial charge is 0.416 e. The Morgan fingerprint density at radius 1 is 1.29 bits per heavy atom. The third-order valence-corrected chi connectivity index (χ3v) is 3.01. The lowest BCUT2D eigenvalue weighted by Gasteiger charge is -2.09. The van der Waals surface area contributed by atoms with Crippen molar-refractivity contribution in [1.29, 1.82) is 0 Å². The summed E-state index contributed by atoms with van der Waals surface area (Å²) >= 11 is 0. The molecule has 1 heterocycles. The van der Waals surface area contributed by atoms with Gasteiger partial charge in [-0.2, -0.15) is 18.3 Å². The Morgan fingerprint density at radius 2 is 1.90 bits per heavy atom. The molecule has 0 bridgehead atoms. The van der Waals surface area contributed by atoms with Crippen molar-refractivity contribution in [2.75, 3.05) is 7.11 Å². The summed E-state index contributed by atoms with van der Waals surface area (Å²) in [4.78, 5) is 12.4. The van der Waals surface area contributed by atoms with Crippen molar-refractivity contribution < 1.29 is 22.7 Å². The van der Waals surface area contributed by atoms with Gasteiger partial charge in [-0.15, -0.1) is 0 Å². The Labute approximate surface area is 119 Å². The number of hydrogen-bond donors (Lipinski definition) is 0. The molecule has 1 aromatic heterocycles. The molecule has 0 aliphatic rings. The summed E-state index contributed by atoms with van der Waals surface area (Å²) in [6.07, 6.45) is -3.02. The largest absolute Gasteiger partial charge is 0.493 e. The third kappa shape index (κ3) is 2.91. The van der Waals surface area contributed by atoms with E-state index in [1.165, 1.54) is 18.0 Å². The van der Waals surface area contributed by atoms with E-state index in [1.807, 2.05) is 0 Å². The number of benzene rings is 1. The first kappa shape index (κ1) is 15.1. The lowest BCUT2D eigenvalue weighted by Crippen LogP contribution is -2.12. The molecule has 0 saturated heterocycles. The quantitative estimate of drug-likeness (QED) is 0.814. The SMILES string of the molecule is CCn1ncc(OC)c1C(=O)c1ccc(C(F)(F)F)cc1. The number of nitrogens with zero attached hydrogens (tertiary/aromatic N) is 2. The second-order valence-electron chi connectivity index (χ2n) is 4.28. The first-order chi connectivity index (χ1) is 9.88. The normalized spacial score (nSPS) is 11.5. The molecule has 2 aromatic rings. The van der Waals surface area contributed by atoms with E-state index in [1.54, 1.807) is 6.92 Å². The highest BCUT2D eigenvalue weighted by molar-refractivity contribution is 6.09. The van der Waals surface area contributed by atoms with E-state index >= 15 is 0 Å². The number of ether oxygens (including phenoxy) is 1. The number of aryl methyl sites for hydroxylation is 1. The topological polar surface area (TPSA) is 44.1 Å². The summed E-state index contributed by atoms with van der Waals surface area (Å²) in [6, 6.07) is 4.06. The summed E-state index contributed by atoms with van der Waals surface area (Å²) in [6.45, 7) is 2.25. The van der Waals surface area contributed by atoms with E-state index in [-0.39, 0.29) is 11.3 Å². The van der Waals surface area contributed by atoms with Gasteiger partial charge in [-0.3, -0.25) is 9.48 Å². The van der Waals surface area contributed by atoms with Gasteiger partial charge in [0.2, 0.25) is 5.78 Å². The van der Waals surface area contributed by atoms with Gasteiger partial charge >= 0.3 is 6.18 Å². The first-order valence-corrected chi connectivity index (χ1v) is 6.20. The number of methoxy groups -OCH3 is 1. The van der Waals surface area contributed by atoms with Crippen LogP contribution in [0.3, 0.4) is 0 Å². The van der Waals surface area contributed by atoms with Gasteiger partial charge in [-0.25, -0.2) is 0 Å². The number of carbonyl (C=O) groups excluding carboxylic acids is 1. The third-order valence-electron chi connectivity index (χ3n) is 3.01. The fourth-order valence-electron chi connectivity index (χ4n) is 1.93. The average molecular weight is 298 g/mol. The van der Waals surface area contributed by atoms with Crippen LogP contribution in [0, 0.1) is 0 Å². The van der Waals surface area contributed by atoms with Crippen LogP contribution in [0.15, 0.2) is 30.5 Å². The molecule has 1 aromatic carbocycles. The number of aromatic nitrogens is 2. The molecule has 0 aliphatic carbocycles. The molecule has 112 valence electrons. The molecule has 4 nitrogen and oxygen atoms in total. The highest BCUT2D eigenvalue weighted by atomic mass is 19.4. The van der Waals surface area contributed by atoms with Gasteiger partial charge in [0.15, 0.2) is 11.4 Å². The number of carbonyl (C=O) groups is 1. The van der Waals surface area contributed by atoms with E-state index in [0.717, 1.165) is 24.3 Å². The van der Waals surface area contributed by atoms with Crippen LogP contribution in [-0.4, -0.2) is 22.7 Å². The fraction of sp³-hybridized carbons (Fsp3) is 0.286. The number of alkyl halides is 3. The van der Waals surface area contributed by atoms with Gasteiger partial charge in [-0.05, 0) is 19.1 Å². The number of halogens is 3. The maximum absolute atomic E-state index is 12.5. The van der Waals surface area contributed by atoms with Crippen LogP contribution in [0.2, 0.25) is 0 Å². The maximum Gasteiger partial charge on any atom is 0.416 e. The lowest BCUT2D eigenvalue weighted by atomic mass is 10.1. The van der Waals surface area contributed by atoms with Gasteiger partial charge in [0.1, 0.15) is 0 Å². The molecule has 0 N–H and O–H groups in total. The minimum Gasteiger partial charge on any atom is -0.493 e. The molecular weight excluding hydrogens is 285 g/mol. The Balaban J connectivity index is 2.39. The molecule has 0 aliphatic heterocycles. The monoisotopic (exact) mass is 298 g/mol. The second kappa shape index (κ2) is 5.59. The number of rotatable bonds is 4. The molecular formula is C14H13F3N2O2. The standard InChI is InChI=1S/C14H13F3N2O2/c1-3-19-12(11(21-2)8-18-19)13(20)9-4-6-10(7-5-9)14(15,16)17/h4-8H,3H2,1-2H3. The first-order valence-electron chi connectivity index (χ1n) is 6.20. The minimum absolute atomic E-state index is 0.150. The van der Waals surface area contributed by atoms with Crippen LogP contribution in [0.5, 0.6) is 5.75 Å². The van der Waals surface area contributed by atoms with E-state index < -0.39 is 17.5 Å². The number of ketones is 1. The minimum atomic E-state index is -4.43. The molecule has 2 rings (SSSR count). The molecule has 0 saturated carbocycles. The number of hydrogen-bond acceptors (Lipinski definition) is 3. The Bertz CT molecular complexity index is 624. The van der Waals surface area contributed by atoms with Crippen molar-refractivity contribution in [3.8, 4) is 5.75 Å². The maximum atomic E-state index is 12.5. The zero-order valence-corrected chi connectivity index (χ0v) is 11.4. The van der Waals surface area contributed by atoms with Gasteiger partial charge in [0, 0.05) is 12.1 Å². The average Bonchev–Trinajstić information content (AvgIpc) is 2.88. The molecule has 0 atom stereocenters. The van der Waals surface area contributed by atoms with Crippen LogP contribution in [0.4, 0.5) is 13.2 Å². The summed E-state index contributed by atoms with van der Waals surface area (Å²) < 4.78 is 44.0. The van der Waals surface area contributed by atoms with Crippen LogP contribution in [0.25, 0.3) is 0 Å². The van der Waals surface area contributed by atoms with E-state index in [9.17, 15) is 18.0 Å². The van der Waals surface area contributed by atoms with Crippen molar-refractivity contribution in [3.05, 3.63) is 47.3 Å². The van der Waals surface area contributed by atoms with Gasteiger partial charge in [0.25, 0.3) is 0 Å². The van der Waals surface area contributed by atoms with Crippen LogP contribution in [0.1, 0.15) is 28.5 Å². The zero-order valence-electron chi connectivity index (χ0n) is 11.4. The van der Waals surface area contributed by atoms with Crippen molar-refractivity contribution in [2.24, 2.45) is 0 Å². The van der Waals surface area contributed by atoms with Crippen molar-refractivity contribution >= 4 is 5.78 Å². The van der Waals surface area contributed by atoms with Gasteiger partial charge in [-0.1, -0.05) is 12.1 Å². The molecule has 7 heteroatoms. The molecule has 0 spiro atoms. The van der Waals surface area contributed by atoms with Gasteiger partial charge < -0.3 is 4.74 Å². The molecule has 0 unspecified atom stereocenters. The van der Waals surface area contributed by atoms with E-state index in [0.29, 0.717) is 12.3 Å². The van der Waals surface area contributed by atoms with Crippen molar-refractivity contribution in [3.63, 3.8) is 0 Å². The molecule has 0 fully saturated rings. The Kier molecular flexibility index (Phi) is 4.02. The van der Waals surface area contributed by atoms with Crippen molar-refractivity contribution in [1.82, 2.24) is 9.78 Å². The second-order valence-corrected chi connectivity index (χ2v) is 4.28. The lowest BCUT2D eigenvalue weighted by molar-refractivity contribution is -0.137. The van der Waals surface area contributed by atoms with Crippen LogP contribution in [-0.2, 0) is 12.7 Å². The Hall–Kier alpha value is -2.31. The summed E-state index contributed by atoms with van der Waals surface area (Å²) in [5, 5.41) is 4.00. The van der Waals surface area contributed by atoms with E-state index in [2.05, 4.69) is 5.10 Å². The fourth-order valence-corrected chi connectivity index (χ4v) is 1.93. The Morgan fingerprint density at radius 3 is 2.38 bits per heavy atom. The van der Waals surface area contributed by atoms with E-state index in [4.69, 9.17) is 4.74 Å². The predicted octanol–water partition coefficient (Wildman–Crippen LogP) is 3.16.